The molecular formula is C24H38O5. The second kappa shape index (κ2) is 7.33. The second-order valence-corrected chi connectivity index (χ2v) is 11.2. The molecule has 4 unspecified atom stereocenters. The summed E-state index contributed by atoms with van der Waals surface area (Å²) in [6.45, 7) is 6.54. The van der Waals surface area contributed by atoms with E-state index in [1.807, 2.05) is 0 Å². The topological polar surface area (TPSA) is 94.8 Å². The van der Waals surface area contributed by atoms with Crippen molar-refractivity contribution in [1.82, 2.24) is 0 Å². The van der Waals surface area contributed by atoms with E-state index in [9.17, 15) is 19.8 Å². The number of hydrogen-bond acceptors (Lipinski definition) is 4. The fourth-order valence-corrected chi connectivity index (χ4v) is 8.41. The maximum atomic E-state index is 13.6. The highest BCUT2D eigenvalue weighted by atomic mass is 16.4. The van der Waals surface area contributed by atoms with Gasteiger partial charge in [-0.3, -0.25) is 9.59 Å². The summed E-state index contributed by atoms with van der Waals surface area (Å²) < 4.78 is 0. The summed E-state index contributed by atoms with van der Waals surface area (Å²) in [4.78, 5) is 24.7. The molecule has 0 aromatic rings. The minimum Gasteiger partial charge on any atom is -0.481 e. The molecule has 4 aliphatic rings. The van der Waals surface area contributed by atoms with E-state index in [0.29, 0.717) is 24.5 Å². The number of Topliss-reactive ketones (excluding diaryl/α,β-unsaturated/α-hetero) is 1. The molecule has 0 spiro atoms. The number of aliphatic hydroxyl groups excluding tert-OH is 2. The maximum Gasteiger partial charge on any atom is 0.303 e. The molecule has 164 valence electrons. The van der Waals surface area contributed by atoms with E-state index in [4.69, 9.17) is 5.11 Å². The van der Waals surface area contributed by atoms with E-state index in [1.54, 1.807) is 0 Å². The van der Waals surface area contributed by atoms with E-state index in [0.717, 1.165) is 38.5 Å². The van der Waals surface area contributed by atoms with Crippen molar-refractivity contribution in [2.75, 3.05) is 0 Å². The van der Waals surface area contributed by atoms with Crippen LogP contribution in [0.5, 0.6) is 0 Å². The van der Waals surface area contributed by atoms with Gasteiger partial charge in [0.05, 0.1) is 12.2 Å². The Bertz CT molecular complexity index is 676. The Hall–Kier alpha value is -0.940. The number of carboxylic acids is 1. The van der Waals surface area contributed by atoms with Crippen LogP contribution >= 0.6 is 0 Å². The van der Waals surface area contributed by atoms with E-state index in [2.05, 4.69) is 20.8 Å². The number of aliphatic hydroxyl groups is 2. The first kappa shape index (κ1) is 21.3. The molecule has 4 saturated carbocycles. The van der Waals surface area contributed by atoms with Crippen molar-refractivity contribution in [2.45, 2.75) is 90.8 Å². The number of carboxylic acid groups (broad SMARTS) is 1. The van der Waals surface area contributed by atoms with Crippen molar-refractivity contribution >= 4 is 11.8 Å². The van der Waals surface area contributed by atoms with Gasteiger partial charge in [-0.05, 0) is 85.9 Å². The summed E-state index contributed by atoms with van der Waals surface area (Å²) in [5, 5.41) is 30.5. The smallest absolute Gasteiger partial charge is 0.303 e. The lowest BCUT2D eigenvalue weighted by Crippen LogP contribution is -2.61. The monoisotopic (exact) mass is 406 g/mol. The first-order valence-corrected chi connectivity index (χ1v) is 11.7. The van der Waals surface area contributed by atoms with Crippen LogP contribution < -0.4 is 0 Å². The molecule has 0 aromatic carbocycles. The van der Waals surface area contributed by atoms with Crippen LogP contribution in [0.15, 0.2) is 0 Å². The van der Waals surface area contributed by atoms with Crippen molar-refractivity contribution in [3.63, 3.8) is 0 Å². The molecule has 4 fully saturated rings. The number of carbonyl (C=O) groups is 2. The van der Waals surface area contributed by atoms with Crippen LogP contribution in [-0.4, -0.2) is 39.3 Å². The normalized spacial score (nSPS) is 50.4. The summed E-state index contributed by atoms with van der Waals surface area (Å²) in [5.74, 6) is 0.855. The lowest BCUT2D eigenvalue weighted by Gasteiger charge is -2.61. The van der Waals surface area contributed by atoms with E-state index >= 15 is 0 Å². The number of aliphatic carboxylic acids is 1. The minimum absolute atomic E-state index is 0.0348. The molecule has 29 heavy (non-hydrogen) atoms. The predicted molar refractivity (Wildman–Crippen MR) is 109 cm³/mol. The highest BCUT2D eigenvalue weighted by Gasteiger charge is 2.65. The van der Waals surface area contributed by atoms with Crippen molar-refractivity contribution in [1.29, 1.82) is 0 Å². The lowest BCUT2D eigenvalue weighted by atomic mass is 9.43. The molecular weight excluding hydrogens is 368 g/mol. The van der Waals surface area contributed by atoms with Crippen molar-refractivity contribution in [3.05, 3.63) is 0 Å². The molecule has 0 aromatic heterocycles. The van der Waals surface area contributed by atoms with Gasteiger partial charge in [-0.15, -0.1) is 0 Å². The molecule has 4 aliphatic carbocycles. The van der Waals surface area contributed by atoms with Gasteiger partial charge >= 0.3 is 5.97 Å². The number of hydrogen-bond donors (Lipinski definition) is 3. The molecule has 0 bridgehead atoms. The minimum atomic E-state index is -0.771. The number of rotatable bonds is 4. The second-order valence-electron chi connectivity index (χ2n) is 11.2. The Labute approximate surface area is 174 Å². The van der Waals surface area contributed by atoms with Crippen LogP contribution in [0.1, 0.15) is 78.6 Å². The zero-order valence-electron chi connectivity index (χ0n) is 18.1. The lowest BCUT2D eigenvalue weighted by molar-refractivity contribution is -0.181. The third-order valence-corrected chi connectivity index (χ3v) is 10.1. The van der Waals surface area contributed by atoms with Crippen LogP contribution in [0.3, 0.4) is 0 Å². The first-order valence-electron chi connectivity index (χ1n) is 11.7. The standard InChI is InChI=1S/C24H38O5/c1-13(4-7-21(28)29)16-5-6-17-22-18(12-20(27)24(16,17)3)23(2)9-8-15(25)10-14(23)11-19(22)26/h13-19,22,25-26H,4-12H2,1-3H3,(H,28,29)/t13-,14-,15+,16+,17?,18?,19?,22?,23-,24+/m0/s1. The van der Waals surface area contributed by atoms with Gasteiger partial charge in [0, 0.05) is 18.3 Å². The fraction of sp³-hybridized carbons (Fsp3) is 0.917. The summed E-state index contributed by atoms with van der Waals surface area (Å²) in [6.07, 6.45) is 5.82. The molecule has 10 atom stereocenters. The van der Waals surface area contributed by atoms with Gasteiger partial charge in [0.15, 0.2) is 0 Å². The maximum absolute atomic E-state index is 13.6. The van der Waals surface area contributed by atoms with Gasteiger partial charge in [0.2, 0.25) is 0 Å². The quantitative estimate of drug-likeness (QED) is 0.662. The summed E-state index contributed by atoms with van der Waals surface area (Å²) in [5.41, 5.74) is -0.398. The highest BCUT2D eigenvalue weighted by Crippen LogP contribution is 2.67. The molecule has 4 rings (SSSR count). The molecule has 0 radical (unpaired) electrons. The molecule has 0 saturated heterocycles. The van der Waals surface area contributed by atoms with E-state index in [1.165, 1.54) is 0 Å². The van der Waals surface area contributed by atoms with Crippen LogP contribution in [0.2, 0.25) is 0 Å². The Morgan fingerprint density at radius 2 is 1.86 bits per heavy atom. The van der Waals surface area contributed by atoms with Gasteiger partial charge in [-0.1, -0.05) is 20.8 Å². The number of ketones is 1. The number of fused-ring (bicyclic) bond motifs is 5. The Balaban J connectivity index is 1.62. The summed E-state index contributed by atoms with van der Waals surface area (Å²) in [7, 11) is 0. The fourth-order valence-electron chi connectivity index (χ4n) is 8.41. The van der Waals surface area contributed by atoms with E-state index < -0.39 is 17.5 Å². The molecule has 5 heteroatoms. The van der Waals surface area contributed by atoms with Gasteiger partial charge in [-0.2, -0.15) is 0 Å². The molecule has 3 N–H and O–H groups in total. The summed E-state index contributed by atoms with van der Waals surface area (Å²) in [6, 6.07) is 0. The SMILES string of the molecule is C[C@@H](CCC(=O)O)[C@H]1CCC2C3C(O)C[C@@H]4C[C@H](O)CC[C@]4(C)C3CC(=O)[C@@]21C. The van der Waals surface area contributed by atoms with Crippen LogP contribution in [0, 0.1) is 46.3 Å². The average Bonchev–Trinajstić information content (AvgIpc) is 3.01. The van der Waals surface area contributed by atoms with Crippen LogP contribution in [0.25, 0.3) is 0 Å². The van der Waals surface area contributed by atoms with Crippen molar-refractivity contribution < 1.29 is 24.9 Å². The third kappa shape index (κ3) is 3.18. The van der Waals surface area contributed by atoms with Gasteiger partial charge in [-0.25, -0.2) is 0 Å². The third-order valence-electron chi connectivity index (χ3n) is 10.1. The zero-order valence-corrected chi connectivity index (χ0v) is 18.1. The molecule has 5 nitrogen and oxygen atoms in total. The molecule has 0 aliphatic heterocycles. The Kier molecular flexibility index (Phi) is 5.39. The Morgan fingerprint density at radius 3 is 2.55 bits per heavy atom. The molecule has 0 amide bonds. The first-order chi connectivity index (χ1) is 13.6. The molecule has 0 heterocycles. The average molecular weight is 407 g/mol. The van der Waals surface area contributed by atoms with Crippen molar-refractivity contribution in [2.24, 2.45) is 46.3 Å². The summed E-state index contributed by atoms with van der Waals surface area (Å²) >= 11 is 0. The van der Waals surface area contributed by atoms with Gasteiger partial charge in [0.25, 0.3) is 0 Å². The van der Waals surface area contributed by atoms with Crippen LogP contribution in [0.4, 0.5) is 0 Å². The predicted octanol–water partition coefficient (Wildman–Crippen LogP) is 3.66. The van der Waals surface area contributed by atoms with Crippen molar-refractivity contribution in [3.8, 4) is 0 Å². The zero-order chi connectivity index (χ0) is 21.1. The number of carbonyl (C=O) groups excluding carboxylic acids is 1. The largest absolute Gasteiger partial charge is 0.481 e. The van der Waals surface area contributed by atoms with Gasteiger partial charge in [0.1, 0.15) is 5.78 Å². The van der Waals surface area contributed by atoms with E-state index in [-0.39, 0.29) is 47.5 Å². The Morgan fingerprint density at radius 1 is 1.14 bits per heavy atom. The van der Waals surface area contributed by atoms with Gasteiger partial charge < -0.3 is 15.3 Å². The van der Waals surface area contributed by atoms with Crippen LogP contribution in [-0.2, 0) is 9.59 Å². The highest BCUT2D eigenvalue weighted by molar-refractivity contribution is 5.87.